The third-order valence-corrected chi connectivity index (χ3v) is 3.02. The highest BCUT2D eigenvalue weighted by molar-refractivity contribution is 9.11. The van der Waals surface area contributed by atoms with Crippen LogP contribution in [0.25, 0.3) is 0 Å². The molecule has 0 aliphatic heterocycles. The molecular formula is C10H10Br2N2O3. The van der Waals surface area contributed by atoms with Gasteiger partial charge in [-0.05, 0) is 51.8 Å². The van der Waals surface area contributed by atoms with E-state index in [1.807, 2.05) is 0 Å². The summed E-state index contributed by atoms with van der Waals surface area (Å²) in [7, 11) is 0. The van der Waals surface area contributed by atoms with Gasteiger partial charge in [-0.15, -0.1) is 0 Å². The lowest BCUT2D eigenvalue weighted by Gasteiger charge is -2.20. The molecule has 0 spiro atoms. The average molecular weight is 366 g/mol. The van der Waals surface area contributed by atoms with E-state index in [0.29, 0.717) is 4.47 Å². The zero-order valence-electron chi connectivity index (χ0n) is 9.12. The van der Waals surface area contributed by atoms with E-state index < -0.39 is 17.4 Å². The average Bonchev–Trinajstić information content (AvgIpc) is 2.15. The first-order valence-corrected chi connectivity index (χ1v) is 6.19. The number of pyridine rings is 1. The van der Waals surface area contributed by atoms with Gasteiger partial charge in [0.15, 0.2) is 0 Å². The molecule has 7 heteroatoms. The van der Waals surface area contributed by atoms with E-state index in [2.05, 4.69) is 42.2 Å². The maximum Gasteiger partial charge on any atom is 0.328 e. The quantitative estimate of drug-likeness (QED) is 0.860. The highest BCUT2D eigenvalue weighted by Crippen LogP contribution is 2.20. The summed E-state index contributed by atoms with van der Waals surface area (Å²) in [6, 6.07) is 1.66. The second kappa shape index (κ2) is 5.14. The van der Waals surface area contributed by atoms with Crippen LogP contribution in [0.2, 0.25) is 0 Å². The number of amides is 1. The van der Waals surface area contributed by atoms with Gasteiger partial charge in [-0.25, -0.2) is 9.78 Å². The fourth-order valence-electron chi connectivity index (χ4n) is 0.978. The summed E-state index contributed by atoms with van der Waals surface area (Å²) in [6.07, 6.45) is 1.47. The standard InChI is InChI=1S/C10H10Br2N2O3/c1-10(2,9(16)17)14-8(15)7-6(12)3-5(11)4-13-7/h3-4H,1-2H3,(H,14,15)(H,16,17). The number of hydrogen-bond acceptors (Lipinski definition) is 3. The molecule has 1 heterocycles. The molecule has 1 aromatic rings. The molecule has 0 saturated carbocycles. The van der Waals surface area contributed by atoms with E-state index in [9.17, 15) is 9.59 Å². The molecule has 0 radical (unpaired) electrons. The molecule has 0 aliphatic carbocycles. The third-order valence-electron chi connectivity index (χ3n) is 1.98. The molecule has 2 N–H and O–H groups in total. The molecule has 17 heavy (non-hydrogen) atoms. The molecule has 0 aromatic carbocycles. The van der Waals surface area contributed by atoms with Crippen LogP contribution in [0.1, 0.15) is 24.3 Å². The fraction of sp³-hybridized carbons (Fsp3) is 0.300. The lowest BCUT2D eigenvalue weighted by molar-refractivity contribution is -0.143. The maximum absolute atomic E-state index is 11.8. The first-order valence-electron chi connectivity index (χ1n) is 4.61. The summed E-state index contributed by atoms with van der Waals surface area (Å²) in [5, 5.41) is 11.3. The molecule has 0 aliphatic rings. The predicted molar refractivity (Wildman–Crippen MR) is 68.8 cm³/mol. The zero-order valence-corrected chi connectivity index (χ0v) is 12.3. The Kier molecular flexibility index (Phi) is 4.26. The highest BCUT2D eigenvalue weighted by atomic mass is 79.9. The van der Waals surface area contributed by atoms with Gasteiger partial charge in [-0.1, -0.05) is 0 Å². The number of aliphatic carboxylic acids is 1. The van der Waals surface area contributed by atoms with Crippen molar-refractivity contribution in [3.8, 4) is 0 Å². The molecule has 0 bridgehead atoms. The van der Waals surface area contributed by atoms with Crippen LogP contribution in [0.15, 0.2) is 21.2 Å². The second-order valence-corrected chi connectivity index (χ2v) is 5.64. The number of hydrogen-bond donors (Lipinski definition) is 2. The van der Waals surface area contributed by atoms with Crippen LogP contribution in [-0.2, 0) is 4.79 Å². The molecule has 1 rings (SSSR count). The van der Waals surface area contributed by atoms with Crippen molar-refractivity contribution in [2.24, 2.45) is 0 Å². The van der Waals surface area contributed by atoms with Crippen molar-refractivity contribution in [2.75, 3.05) is 0 Å². The summed E-state index contributed by atoms with van der Waals surface area (Å²) < 4.78 is 1.21. The van der Waals surface area contributed by atoms with Crippen LogP contribution in [0.3, 0.4) is 0 Å². The van der Waals surface area contributed by atoms with Gasteiger partial charge in [-0.3, -0.25) is 4.79 Å². The lowest BCUT2D eigenvalue weighted by Crippen LogP contribution is -2.49. The Morgan fingerprint density at radius 3 is 2.47 bits per heavy atom. The van der Waals surface area contributed by atoms with E-state index in [-0.39, 0.29) is 5.69 Å². The maximum atomic E-state index is 11.8. The van der Waals surface area contributed by atoms with Crippen molar-refractivity contribution in [1.82, 2.24) is 10.3 Å². The Bertz CT molecular complexity index is 475. The number of halogens is 2. The molecule has 5 nitrogen and oxygen atoms in total. The van der Waals surface area contributed by atoms with Gasteiger partial charge in [0.05, 0.1) is 4.47 Å². The number of carbonyl (C=O) groups is 2. The number of carboxylic acid groups (broad SMARTS) is 1. The molecule has 1 aromatic heterocycles. The smallest absolute Gasteiger partial charge is 0.328 e. The molecule has 0 unspecified atom stereocenters. The Balaban J connectivity index is 2.95. The van der Waals surface area contributed by atoms with Gasteiger partial charge >= 0.3 is 5.97 Å². The first-order chi connectivity index (χ1) is 7.74. The Morgan fingerprint density at radius 1 is 1.41 bits per heavy atom. The number of carbonyl (C=O) groups excluding carboxylic acids is 1. The summed E-state index contributed by atoms with van der Waals surface area (Å²) in [6.45, 7) is 2.81. The number of nitrogens with zero attached hydrogens (tertiary/aromatic N) is 1. The number of nitrogens with one attached hydrogen (secondary N) is 1. The van der Waals surface area contributed by atoms with Crippen molar-refractivity contribution in [1.29, 1.82) is 0 Å². The van der Waals surface area contributed by atoms with Gasteiger partial charge in [0.25, 0.3) is 5.91 Å². The lowest BCUT2D eigenvalue weighted by atomic mass is 10.1. The van der Waals surface area contributed by atoms with Gasteiger partial charge in [-0.2, -0.15) is 0 Å². The molecule has 0 saturated heterocycles. The van der Waals surface area contributed by atoms with Crippen LogP contribution in [-0.4, -0.2) is 27.5 Å². The SMILES string of the molecule is CC(C)(NC(=O)c1ncc(Br)cc1Br)C(=O)O. The van der Waals surface area contributed by atoms with Crippen molar-refractivity contribution in [2.45, 2.75) is 19.4 Å². The molecular weight excluding hydrogens is 356 g/mol. The highest BCUT2D eigenvalue weighted by Gasteiger charge is 2.30. The first kappa shape index (κ1) is 14.1. The van der Waals surface area contributed by atoms with Crippen LogP contribution < -0.4 is 5.32 Å². The molecule has 1 amide bonds. The van der Waals surface area contributed by atoms with E-state index in [0.717, 1.165) is 4.47 Å². The van der Waals surface area contributed by atoms with Gasteiger partial charge in [0.2, 0.25) is 0 Å². The minimum absolute atomic E-state index is 0.141. The monoisotopic (exact) mass is 364 g/mol. The van der Waals surface area contributed by atoms with E-state index >= 15 is 0 Å². The van der Waals surface area contributed by atoms with Crippen LogP contribution >= 0.6 is 31.9 Å². The fourth-order valence-corrected chi connectivity index (χ4v) is 2.15. The minimum Gasteiger partial charge on any atom is -0.480 e. The molecule has 0 atom stereocenters. The van der Waals surface area contributed by atoms with Gasteiger partial charge in [0, 0.05) is 10.7 Å². The topological polar surface area (TPSA) is 79.3 Å². The molecule has 92 valence electrons. The van der Waals surface area contributed by atoms with Crippen LogP contribution in [0.5, 0.6) is 0 Å². The van der Waals surface area contributed by atoms with E-state index in [1.165, 1.54) is 20.0 Å². The third kappa shape index (κ3) is 3.50. The summed E-state index contributed by atoms with van der Waals surface area (Å²) in [5.41, 5.74) is -1.20. The summed E-state index contributed by atoms with van der Waals surface area (Å²) in [4.78, 5) is 26.6. The van der Waals surface area contributed by atoms with Crippen LogP contribution in [0.4, 0.5) is 0 Å². The summed E-state index contributed by atoms with van der Waals surface area (Å²) >= 11 is 6.40. The van der Waals surface area contributed by atoms with Gasteiger partial charge in [0.1, 0.15) is 11.2 Å². The normalized spacial score (nSPS) is 11.1. The Labute approximate surface area is 115 Å². The largest absolute Gasteiger partial charge is 0.480 e. The van der Waals surface area contributed by atoms with Crippen molar-refractivity contribution in [3.05, 3.63) is 26.9 Å². The van der Waals surface area contributed by atoms with E-state index in [4.69, 9.17) is 5.11 Å². The second-order valence-electron chi connectivity index (χ2n) is 3.87. The van der Waals surface area contributed by atoms with Crippen LogP contribution in [0, 0.1) is 0 Å². The Morgan fingerprint density at radius 2 is 2.00 bits per heavy atom. The minimum atomic E-state index is -1.34. The van der Waals surface area contributed by atoms with Gasteiger partial charge < -0.3 is 10.4 Å². The predicted octanol–water partition coefficient (Wildman–Crippen LogP) is 2.20. The van der Waals surface area contributed by atoms with Crippen molar-refractivity contribution in [3.63, 3.8) is 0 Å². The number of aromatic nitrogens is 1. The van der Waals surface area contributed by atoms with Crippen molar-refractivity contribution < 1.29 is 14.7 Å². The van der Waals surface area contributed by atoms with Crippen molar-refractivity contribution >= 4 is 43.7 Å². The van der Waals surface area contributed by atoms with E-state index in [1.54, 1.807) is 6.07 Å². The zero-order chi connectivity index (χ0) is 13.2. The molecule has 0 fully saturated rings. The Hall–Kier alpha value is -0.950. The number of rotatable bonds is 3. The number of carboxylic acids is 1. The summed E-state index contributed by atoms with van der Waals surface area (Å²) in [5.74, 6) is -1.66.